The van der Waals surface area contributed by atoms with Crippen molar-refractivity contribution in [3.63, 3.8) is 0 Å². The van der Waals surface area contributed by atoms with Crippen LogP contribution >= 0.6 is 0 Å². The number of Topliss-reactive ketones (excluding diaryl/α,β-unsaturated/α-hetero) is 1. The normalized spacial score (nSPS) is 14.3. The maximum Gasteiger partial charge on any atom is 0.262 e. The van der Waals surface area contributed by atoms with E-state index in [9.17, 15) is 14.0 Å². The summed E-state index contributed by atoms with van der Waals surface area (Å²) in [5.74, 6) is 1.08. The zero-order chi connectivity index (χ0) is 27.1. The largest absolute Gasteiger partial charge is 0.353 e. The molecule has 39 heavy (non-hydrogen) atoms. The van der Waals surface area contributed by atoms with Crippen molar-refractivity contribution < 1.29 is 9.18 Å². The molecule has 0 aliphatic carbocycles. The maximum absolute atomic E-state index is 13.5. The van der Waals surface area contributed by atoms with E-state index in [1.54, 1.807) is 41.9 Å². The number of nitrogens with one attached hydrogen (secondary N) is 1. The Morgan fingerprint density at radius 1 is 1.00 bits per heavy atom. The highest BCUT2D eigenvalue weighted by Gasteiger charge is 2.24. The van der Waals surface area contributed by atoms with Crippen LogP contribution < -0.4 is 15.8 Å². The molecule has 3 heterocycles. The molecular formula is C30H29FN6O2. The monoisotopic (exact) mass is 524 g/mol. The molecule has 198 valence electrons. The average Bonchev–Trinajstić information content (AvgIpc) is 3.28. The van der Waals surface area contributed by atoms with Gasteiger partial charge in [-0.3, -0.25) is 14.2 Å². The van der Waals surface area contributed by atoms with Crippen molar-refractivity contribution in [3.05, 3.63) is 94.0 Å². The van der Waals surface area contributed by atoms with Gasteiger partial charge in [0.2, 0.25) is 11.9 Å². The molecule has 9 heteroatoms. The number of benzene rings is 3. The second-order valence-electron chi connectivity index (χ2n) is 10.1. The lowest BCUT2D eigenvalue weighted by atomic mass is 10.1. The lowest BCUT2D eigenvalue weighted by molar-refractivity contribution is 0.101. The minimum Gasteiger partial charge on any atom is -0.353 e. The highest BCUT2D eigenvalue weighted by Crippen LogP contribution is 2.25. The molecule has 0 unspecified atom stereocenters. The van der Waals surface area contributed by atoms with Gasteiger partial charge in [-0.15, -0.1) is 0 Å². The molecule has 0 amide bonds. The Morgan fingerprint density at radius 2 is 1.74 bits per heavy atom. The van der Waals surface area contributed by atoms with Gasteiger partial charge in [0.25, 0.3) is 5.56 Å². The third-order valence-corrected chi connectivity index (χ3v) is 7.48. The van der Waals surface area contributed by atoms with E-state index in [2.05, 4.69) is 14.8 Å². The third kappa shape index (κ3) is 4.76. The summed E-state index contributed by atoms with van der Waals surface area (Å²) in [5, 5.41) is 4.15. The Bertz CT molecular complexity index is 1750. The second-order valence-corrected chi connectivity index (χ2v) is 10.1. The van der Waals surface area contributed by atoms with Crippen LogP contribution in [0.4, 0.5) is 16.3 Å². The van der Waals surface area contributed by atoms with Crippen LogP contribution in [-0.2, 0) is 13.6 Å². The van der Waals surface area contributed by atoms with Crippen molar-refractivity contribution >= 4 is 39.6 Å². The fourth-order valence-electron chi connectivity index (χ4n) is 5.29. The topological polar surface area (TPSA) is 85.0 Å². The lowest BCUT2D eigenvalue weighted by Gasteiger charge is -2.34. The van der Waals surface area contributed by atoms with Gasteiger partial charge in [-0.05, 0) is 61.7 Å². The Morgan fingerprint density at radius 3 is 2.49 bits per heavy atom. The predicted molar refractivity (Wildman–Crippen MR) is 151 cm³/mol. The number of carbonyl (C=O) groups excluding carboxylic acids is 1. The number of nitrogens with zero attached hydrogens (tertiary/aromatic N) is 5. The predicted octanol–water partition coefficient (Wildman–Crippen LogP) is 4.75. The van der Waals surface area contributed by atoms with Crippen molar-refractivity contribution in [3.8, 4) is 0 Å². The number of rotatable bonds is 6. The Kier molecular flexibility index (Phi) is 6.34. The minimum absolute atomic E-state index is 0.0572. The molecule has 0 bridgehead atoms. The Labute approximate surface area is 224 Å². The number of hydrogen-bond donors (Lipinski definition) is 1. The minimum atomic E-state index is -0.253. The smallest absolute Gasteiger partial charge is 0.262 e. The van der Waals surface area contributed by atoms with Crippen LogP contribution in [0.15, 0.2) is 71.5 Å². The van der Waals surface area contributed by atoms with Crippen LogP contribution in [-0.4, -0.2) is 44.0 Å². The summed E-state index contributed by atoms with van der Waals surface area (Å²) in [5.41, 5.74) is 3.87. The van der Waals surface area contributed by atoms with Crippen LogP contribution in [0.2, 0.25) is 0 Å². The van der Waals surface area contributed by atoms with E-state index in [4.69, 9.17) is 9.97 Å². The van der Waals surface area contributed by atoms with Crippen LogP contribution in [0, 0.1) is 5.82 Å². The SMILES string of the molecule is CC(=O)c1ccc2c(=O)n(C)c(N3CCC(Nc4nc5ccccc5n4Cc4ccc(F)cc4)CC3)nc2c1. The highest BCUT2D eigenvalue weighted by atomic mass is 19.1. The fraction of sp³-hybridized carbons (Fsp3) is 0.267. The van der Waals surface area contributed by atoms with Gasteiger partial charge >= 0.3 is 0 Å². The number of imidazole rings is 1. The maximum atomic E-state index is 13.5. The number of ketones is 1. The average molecular weight is 525 g/mol. The molecule has 6 rings (SSSR count). The van der Waals surface area contributed by atoms with Gasteiger partial charge in [0, 0.05) is 31.7 Å². The first-order valence-electron chi connectivity index (χ1n) is 13.1. The van der Waals surface area contributed by atoms with Crippen LogP contribution in [0.1, 0.15) is 35.7 Å². The van der Waals surface area contributed by atoms with Gasteiger partial charge < -0.3 is 14.8 Å². The molecule has 1 N–H and O–H groups in total. The summed E-state index contributed by atoms with van der Waals surface area (Å²) < 4.78 is 17.2. The number of carbonyl (C=O) groups is 1. The summed E-state index contributed by atoms with van der Waals surface area (Å²) in [4.78, 5) is 36.7. The molecule has 0 radical (unpaired) electrons. The fourth-order valence-corrected chi connectivity index (χ4v) is 5.29. The highest BCUT2D eigenvalue weighted by molar-refractivity contribution is 5.97. The molecule has 1 fully saturated rings. The van der Waals surface area contributed by atoms with E-state index in [0.29, 0.717) is 42.0 Å². The number of anilines is 2. The van der Waals surface area contributed by atoms with Gasteiger partial charge in [0.15, 0.2) is 5.78 Å². The number of halogens is 1. The standard InChI is InChI=1S/C30H29FN6O2/c1-19(38)21-9-12-24-26(17-21)34-30(35(2)28(24)39)36-15-13-23(14-16-36)32-29-33-25-5-3-4-6-27(25)37(29)18-20-7-10-22(31)11-8-20/h3-12,17,23H,13-16,18H2,1-2H3,(H,32,33). The van der Waals surface area contributed by atoms with Crippen molar-refractivity contribution in [2.45, 2.75) is 32.4 Å². The molecule has 8 nitrogen and oxygen atoms in total. The number of piperidine rings is 1. The molecule has 3 aromatic carbocycles. The van der Waals surface area contributed by atoms with E-state index in [-0.39, 0.29) is 23.2 Å². The summed E-state index contributed by atoms with van der Waals surface area (Å²) in [6.45, 7) is 3.52. The first-order chi connectivity index (χ1) is 18.9. The van der Waals surface area contributed by atoms with Crippen LogP contribution in [0.25, 0.3) is 21.9 Å². The summed E-state index contributed by atoms with van der Waals surface area (Å²) in [7, 11) is 1.74. The third-order valence-electron chi connectivity index (χ3n) is 7.48. The zero-order valence-electron chi connectivity index (χ0n) is 21.9. The zero-order valence-corrected chi connectivity index (χ0v) is 21.9. The Hall–Kier alpha value is -4.53. The number of para-hydroxylation sites is 2. The van der Waals surface area contributed by atoms with Gasteiger partial charge in [0.05, 0.1) is 28.5 Å². The number of aromatic nitrogens is 4. The molecule has 1 aliphatic heterocycles. The van der Waals surface area contributed by atoms with Gasteiger partial charge in [-0.1, -0.05) is 30.3 Å². The van der Waals surface area contributed by atoms with E-state index >= 15 is 0 Å². The number of hydrogen-bond acceptors (Lipinski definition) is 6. The molecule has 5 aromatic rings. The quantitative estimate of drug-likeness (QED) is 0.323. The van der Waals surface area contributed by atoms with E-state index in [1.807, 2.05) is 24.3 Å². The van der Waals surface area contributed by atoms with Crippen molar-refractivity contribution in [2.24, 2.45) is 7.05 Å². The van der Waals surface area contributed by atoms with Crippen molar-refractivity contribution in [1.82, 2.24) is 19.1 Å². The molecule has 2 aromatic heterocycles. The van der Waals surface area contributed by atoms with Gasteiger partial charge in [0.1, 0.15) is 5.82 Å². The van der Waals surface area contributed by atoms with E-state index in [1.165, 1.54) is 19.1 Å². The van der Waals surface area contributed by atoms with Crippen LogP contribution in [0.5, 0.6) is 0 Å². The summed E-state index contributed by atoms with van der Waals surface area (Å²) >= 11 is 0. The molecular weight excluding hydrogens is 495 g/mol. The van der Waals surface area contributed by atoms with Crippen molar-refractivity contribution in [2.75, 3.05) is 23.3 Å². The molecule has 0 spiro atoms. The molecule has 0 atom stereocenters. The molecule has 1 saturated heterocycles. The van der Waals surface area contributed by atoms with Crippen LogP contribution in [0.3, 0.4) is 0 Å². The summed E-state index contributed by atoms with van der Waals surface area (Å²) in [6, 6.07) is 19.8. The molecule has 1 aliphatic rings. The Balaban J connectivity index is 1.22. The summed E-state index contributed by atoms with van der Waals surface area (Å²) in [6.07, 6.45) is 1.67. The second kappa shape index (κ2) is 9.98. The first-order valence-corrected chi connectivity index (χ1v) is 13.1. The van der Waals surface area contributed by atoms with E-state index < -0.39 is 0 Å². The van der Waals surface area contributed by atoms with Crippen molar-refractivity contribution in [1.29, 1.82) is 0 Å². The number of fused-ring (bicyclic) bond motifs is 2. The first kappa shape index (κ1) is 24.8. The van der Waals surface area contributed by atoms with Gasteiger partial charge in [-0.25, -0.2) is 14.4 Å². The molecule has 0 saturated carbocycles. The lowest BCUT2D eigenvalue weighted by Crippen LogP contribution is -2.42. The van der Waals surface area contributed by atoms with Gasteiger partial charge in [-0.2, -0.15) is 0 Å². The van der Waals surface area contributed by atoms with E-state index in [0.717, 1.165) is 35.4 Å².